The van der Waals surface area contributed by atoms with Crippen LogP contribution in [0.4, 0.5) is 0 Å². The maximum absolute atomic E-state index is 12.9. The summed E-state index contributed by atoms with van der Waals surface area (Å²) >= 11 is 19.9. The Kier molecular flexibility index (Phi) is 7.30. The van der Waals surface area contributed by atoms with E-state index in [1.165, 1.54) is 11.8 Å². The molecule has 0 aliphatic carbocycles. The molecule has 2 aliphatic rings. The van der Waals surface area contributed by atoms with E-state index in [1.807, 2.05) is 28.7 Å². The van der Waals surface area contributed by atoms with Crippen LogP contribution in [0.15, 0.2) is 46.5 Å². The van der Waals surface area contributed by atoms with E-state index in [9.17, 15) is 9.59 Å². The van der Waals surface area contributed by atoms with Gasteiger partial charge in [0.25, 0.3) is 11.8 Å². The van der Waals surface area contributed by atoms with Crippen molar-refractivity contribution < 1.29 is 9.59 Å². The first-order valence-electron chi connectivity index (χ1n) is 11.5. The van der Waals surface area contributed by atoms with Gasteiger partial charge in [-0.2, -0.15) is 0 Å². The number of carbonyl (C=O) groups is 2. The van der Waals surface area contributed by atoms with E-state index in [2.05, 4.69) is 10.3 Å². The number of nitrogens with zero attached hydrogens (tertiary/aromatic N) is 3. The molecule has 1 aromatic carbocycles. The number of rotatable bonds is 6. The van der Waals surface area contributed by atoms with Crippen molar-refractivity contribution in [1.29, 1.82) is 0 Å². The lowest BCUT2D eigenvalue weighted by Gasteiger charge is -2.32. The van der Waals surface area contributed by atoms with Gasteiger partial charge in [-0.1, -0.05) is 52.6 Å². The third kappa shape index (κ3) is 5.19. The number of pyridine rings is 1. The maximum Gasteiger partial charge on any atom is 0.258 e. The lowest BCUT2D eigenvalue weighted by molar-refractivity contribution is -0.116. The summed E-state index contributed by atoms with van der Waals surface area (Å²) in [6.45, 7) is 1.94. The van der Waals surface area contributed by atoms with Crippen LogP contribution in [0.1, 0.15) is 41.7 Å². The summed E-state index contributed by atoms with van der Waals surface area (Å²) in [4.78, 5) is 32.5. The molecule has 0 unspecified atom stereocenters. The molecule has 0 spiro atoms. The van der Waals surface area contributed by atoms with Gasteiger partial charge in [-0.3, -0.25) is 14.0 Å². The Morgan fingerprint density at radius 2 is 1.86 bits per heavy atom. The van der Waals surface area contributed by atoms with E-state index < -0.39 is 0 Å². The van der Waals surface area contributed by atoms with Crippen LogP contribution in [0.3, 0.4) is 0 Å². The van der Waals surface area contributed by atoms with Gasteiger partial charge in [-0.05, 0) is 61.9 Å². The van der Waals surface area contributed by atoms with Gasteiger partial charge in [0.05, 0.1) is 37.4 Å². The van der Waals surface area contributed by atoms with Crippen molar-refractivity contribution in [2.24, 2.45) is 5.92 Å². The quantitative estimate of drug-likeness (QED) is 0.372. The van der Waals surface area contributed by atoms with Gasteiger partial charge >= 0.3 is 0 Å². The van der Waals surface area contributed by atoms with Crippen LogP contribution in [-0.4, -0.2) is 45.7 Å². The van der Waals surface area contributed by atoms with Gasteiger partial charge in [0.2, 0.25) is 0 Å². The lowest BCUT2D eigenvalue weighted by Crippen LogP contribution is -2.39. The Morgan fingerprint density at radius 3 is 2.60 bits per heavy atom. The Bertz CT molecular complexity index is 1310. The van der Waals surface area contributed by atoms with Crippen molar-refractivity contribution in [1.82, 2.24) is 19.6 Å². The number of carbonyl (C=O) groups excluding carboxylic acids is 2. The summed E-state index contributed by atoms with van der Waals surface area (Å²) in [5.74, 6) is 0.302. The van der Waals surface area contributed by atoms with E-state index in [-0.39, 0.29) is 21.9 Å². The maximum atomic E-state index is 12.9. The first-order chi connectivity index (χ1) is 16.9. The van der Waals surface area contributed by atoms with Gasteiger partial charge < -0.3 is 10.2 Å². The van der Waals surface area contributed by atoms with Gasteiger partial charge in [-0.25, -0.2) is 4.98 Å². The highest BCUT2D eigenvalue weighted by molar-refractivity contribution is 8.04. The van der Waals surface area contributed by atoms with Gasteiger partial charge in [0.15, 0.2) is 0 Å². The average Bonchev–Trinajstić information content (AvgIpc) is 3.26. The average molecular weight is 550 g/mol. The molecule has 2 amide bonds. The summed E-state index contributed by atoms with van der Waals surface area (Å²) < 4.78 is 2.05. The third-order valence-corrected chi connectivity index (χ3v) is 8.30. The van der Waals surface area contributed by atoms with Crippen molar-refractivity contribution in [3.63, 3.8) is 0 Å². The second-order valence-corrected chi connectivity index (χ2v) is 11.0. The molecule has 182 valence electrons. The summed E-state index contributed by atoms with van der Waals surface area (Å²) in [5, 5.41) is 5.00. The van der Waals surface area contributed by atoms with Crippen LogP contribution < -0.4 is 5.32 Å². The van der Waals surface area contributed by atoms with Crippen molar-refractivity contribution in [3.8, 4) is 0 Å². The molecule has 0 bridgehead atoms. The highest BCUT2D eigenvalue weighted by Gasteiger charge is 2.27. The molecule has 4 heterocycles. The summed E-state index contributed by atoms with van der Waals surface area (Å²) in [5.41, 5.74) is 2.11. The third-order valence-electron chi connectivity index (χ3n) is 6.44. The molecular weight excluding hydrogens is 527 g/mol. The van der Waals surface area contributed by atoms with Crippen LogP contribution in [0.25, 0.3) is 11.7 Å². The molecule has 0 radical (unpaired) electrons. The molecule has 5 rings (SSSR count). The van der Waals surface area contributed by atoms with Crippen molar-refractivity contribution >= 4 is 70.1 Å². The monoisotopic (exact) mass is 548 g/mol. The number of thioether (sulfide) groups is 1. The smallest absolute Gasteiger partial charge is 0.258 e. The van der Waals surface area contributed by atoms with E-state index in [1.54, 1.807) is 23.2 Å². The predicted octanol–water partition coefficient (Wildman–Crippen LogP) is 6.19. The fraction of sp³-hybridized carbons (Fsp3) is 0.320. The fourth-order valence-electron chi connectivity index (χ4n) is 4.61. The molecule has 2 aromatic heterocycles. The van der Waals surface area contributed by atoms with Crippen LogP contribution in [-0.2, 0) is 4.79 Å². The minimum absolute atomic E-state index is 0.0587. The van der Waals surface area contributed by atoms with E-state index in [0.29, 0.717) is 41.0 Å². The Morgan fingerprint density at radius 1 is 1.11 bits per heavy atom. The second-order valence-electron chi connectivity index (χ2n) is 8.73. The Balaban J connectivity index is 1.07. The number of piperidine rings is 1. The number of likely N-dealkylation sites (tertiary alicyclic amines) is 1. The van der Waals surface area contributed by atoms with Crippen molar-refractivity contribution in [2.45, 2.75) is 30.7 Å². The Labute approximate surface area is 222 Å². The van der Waals surface area contributed by atoms with Crippen LogP contribution >= 0.6 is 46.6 Å². The molecule has 0 atom stereocenters. The molecule has 35 heavy (non-hydrogen) atoms. The molecule has 1 fully saturated rings. The van der Waals surface area contributed by atoms with Crippen molar-refractivity contribution in [2.75, 3.05) is 19.6 Å². The molecular formula is C25H23Cl3N4O2S. The fourth-order valence-corrected chi connectivity index (χ4v) is 6.59. The zero-order valence-corrected chi connectivity index (χ0v) is 21.9. The highest BCUT2D eigenvalue weighted by atomic mass is 35.5. The standard InChI is InChI=1S/C25H23Cl3N4O2S/c26-16-11-18(27)23(19(28)12-16)25(34)31-9-6-15(7-10-31)3-2-8-29-24(33)20-13-17-14-30-21-4-1-5-22(35-20)32(17)21/h1,4-5,11-15H,2-3,6-10H2,(H,29,33). The topological polar surface area (TPSA) is 66.7 Å². The lowest BCUT2D eigenvalue weighted by atomic mass is 9.92. The van der Waals surface area contributed by atoms with Crippen LogP contribution in [0.2, 0.25) is 15.1 Å². The number of nitrogens with one attached hydrogen (secondary N) is 1. The molecule has 10 heteroatoms. The predicted molar refractivity (Wildman–Crippen MR) is 141 cm³/mol. The second kappa shape index (κ2) is 10.4. The zero-order valence-electron chi connectivity index (χ0n) is 18.8. The summed E-state index contributed by atoms with van der Waals surface area (Å²) in [6, 6.07) is 8.98. The number of imidazole rings is 1. The SMILES string of the molecule is O=C(NCCCC1CCN(C(=O)c2c(Cl)cc(Cl)cc2Cl)CC1)C1=Cc2cnc3cccc(n23)S1. The number of hydrogen-bond acceptors (Lipinski definition) is 4. The van der Waals surface area contributed by atoms with Gasteiger partial charge in [0, 0.05) is 24.7 Å². The van der Waals surface area contributed by atoms with Crippen LogP contribution in [0, 0.1) is 5.92 Å². The minimum Gasteiger partial charge on any atom is -0.352 e. The number of hydrogen-bond donors (Lipinski definition) is 1. The van der Waals surface area contributed by atoms with Crippen LogP contribution in [0.5, 0.6) is 0 Å². The van der Waals surface area contributed by atoms with E-state index in [4.69, 9.17) is 34.8 Å². The number of amides is 2. The number of aromatic nitrogens is 2. The number of benzene rings is 1. The van der Waals surface area contributed by atoms with Gasteiger partial charge in [0.1, 0.15) is 5.65 Å². The molecule has 1 N–H and O–H groups in total. The first-order valence-corrected chi connectivity index (χ1v) is 13.4. The molecule has 3 aromatic rings. The van der Waals surface area contributed by atoms with Gasteiger partial charge in [-0.15, -0.1) is 0 Å². The van der Waals surface area contributed by atoms with Crippen molar-refractivity contribution in [3.05, 3.63) is 67.8 Å². The minimum atomic E-state index is -0.155. The largest absolute Gasteiger partial charge is 0.352 e. The zero-order chi connectivity index (χ0) is 24.5. The highest BCUT2D eigenvalue weighted by Crippen LogP contribution is 2.34. The number of halogens is 3. The van der Waals surface area contributed by atoms with E-state index in [0.717, 1.165) is 42.1 Å². The first kappa shape index (κ1) is 24.5. The molecule has 1 saturated heterocycles. The summed E-state index contributed by atoms with van der Waals surface area (Å²) in [6.07, 6.45) is 7.40. The molecule has 6 nitrogen and oxygen atoms in total. The summed E-state index contributed by atoms with van der Waals surface area (Å²) in [7, 11) is 0. The molecule has 0 saturated carbocycles. The molecule has 2 aliphatic heterocycles. The normalized spacial score (nSPS) is 15.9. The Hall–Kier alpha value is -2.19. The van der Waals surface area contributed by atoms with E-state index >= 15 is 0 Å².